The lowest BCUT2D eigenvalue weighted by Crippen LogP contribution is -2.17. The molecule has 15 aromatic rings. The second-order valence-electron chi connectivity index (χ2n) is 22.5. The van der Waals surface area contributed by atoms with Gasteiger partial charge in [-0.25, -0.2) is 0 Å². The standard InChI is InChI=1S/C79H56N4/c1-79(2)73-52-65(81(59-42-37-56(38-43-59)54-21-7-4-8-22-54)61-24-18-26-63(51-61)83-76-33-15-11-29-70(76)71-30-12-16-34-77(71)83)45-48-67(73)72-46-39-57-49-64(44-47-66(57)78(72)79)80(58-40-35-55(36-41-58)53-19-5-3-6-20-53)60-23-17-25-62(50-60)82-74-31-13-9-27-68(74)69-28-10-14-32-75(69)82/h3-52H,1-2H3. The summed E-state index contributed by atoms with van der Waals surface area (Å²) in [6.07, 6.45) is 0. The first kappa shape index (κ1) is 48.2. The zero-order valence-corrected chi connectivity index (χ0v) is 46.2. The van der Waals surface area contributed by atoms with Gasteiger partial charge in [-0.05, 0) is 164 Å². The fourth-order valence-electron chi connectivity index (χ4n) is 13.6. The van der Waals surface area contributed by atoms with Crippen LogP contribution in [0.1, 0.15) is 25.0 Å². The number of nitrogens with zero attached hydrogens (tertiary/aromatic N) is 4. The first-order chi connectivity index (χ1) is 40.9. The molecule has 2 aromatic heterocycles. The lowest BCUT2D eigenvalue weighted by atomic mass is 9.80. The Kier molecular flexibility index (Phi) is 11.2. The molecule has 392 valence electrons. The van der Waals surface area contributed by atoms with Gasteiger partial charge in [-0.15, -0.1) is 0 Å². The zero-order chi connectivity index (χ0) is 55.2. The molecule has 2 heterocycles. The number of rotatable bonds is 10. The predicted molar refractivity (Wildman–Crippen MR) is 350 cm³/mol. The molecule has 0 saturated carbocycles. The molecule has 13 aromatic carbocycles. The Morgan fingerprint density at radius 3 is 1.11 bits per heavy atom. The second-order valence-corrected chi connectivity index (χ2v) is 22.5. The van der Waals surface area contributed by atoms with E-state index in [2.05, 4.69) is 336 Å². The Labute approximate surface area is 483 Å². The highest BCUT2D eigenvalue weighted by molar-refractivity contribution is 6.10. The van der Waals surface area contributed by atoms with Crippen LogP contribution in [0.25, 0.3) is 99.1 Å². The van der Waals surface area contributed by atoms with E-state index in [9.17, 15) is 0 Å². The average Bonchev–Trinajstić information content (AvgIpc) is 2.19. The van der Waals surface area contributed by atoms with Gasteiger partial charge in [-0.3, -0.25) is 0 Å². The highest BCUT2D eigenvalue weighted by Gasteiger charge is 2.38. The lowest BCUT2D eigenvalue weighted by Gasteiger charge is -2.29. The molecule has 0 amide bonds. The van der Waals surface area contributed by atoms with E-state index in [-0.39, 0.29) is 5.41 Å². The molecule has 0 unspecified atom stereocenters. The van der Waals surface area contributed by atoms with E-state index < -0.39 is 0 Å². The monoisotopic (exact) mass is 1060 g/mol. The first-order valence-electron chi connectivity index (χ1n) is 28.7. The van der Waals surface area contributed by atoms with Crippen molar-refractivity contribution < 1.29 is 0 Å². The van der Waals surface area contributed by atoms with Gasteiger partial charge in [0, 0.05) is 72.5 Å². The number of para-hydroxylation sites is 4. The third-order valence-corrected chi connectivity index (χ3v) is 17.4. The van der Waals surface area contributed by atoms with E-state index in [1.165, 1.54) is 98.9 Å². The van der Waals surface area contributed by atoms with Crippen LogP contribution in [0.2, 0.25) is 0 Å². The molecule has 83 heavy (non-hydrogen) atoms. The van der Waals surface area contributed by atoms with Gasteiger partial charge in [0.25, 0.3) is 0 Å². The quantitative estimate of drug-likeness (QED) is 0.136. The number of anilines is 6. The maximum absolute atomic E-state index is 2.46. The van der Waals surface area contributed by atoms with Gasteiger partial charge in [0.05, 0.1) is 22.1 Å². The van der Waals surface area contributed by atoms with E-state index in [0.29, 0.717) is 0 Å². The Morgan fingerprint density at radius 2 is 0.639 bits per heavy atom. The molecule has 1 aliphatic carbocycles. The summed E-state index contributed by atoms with van der Waals surface area (Å²) in [4.78, 5) is 4.86. The van der Waals surface area contributed by atoms with Crippen LogP contribution in [0, 0.1) is 0 Å². The molecule has 0 saturated heterocycles. The third kappa shape index (κ3) is 7.90. The molecule has 0 spiro atoms. The van der Waals surface area contributed by atoms with Gasteiger partial charge in [-0.1, -0.05) is 208 Å². The minimum Gasteiger partial charge on any atom is -0.310 e. The Morgan fingerprint density at radius 1 is 0.265 bits per heavy atom. The Hall–Kier alpha value is -10.7. The summed E-state index contributed by atoms with van der Waals surface area (Å²) < 4.78 is 4.82. The maximum Gasteiger partial charge on any atom is 0.0541 e. The molecule has 0 fully saturated rings. The smallest absolute Gasteiger partial charge is 0.0541 e. The molecule has 0 aliphatic heterocycles. The van der Waals surface area contributed by atoms with Crippen molar-refractivity contribution in [2.24, 2.45) is 0 Å². The molecular weight excluding hydrogens is 1000 g/mol. The maximum atomic E-state index is 2.46. The molecular formula is C79H56N4. The van der Waals surface area contributed by atoms with Crippen molar-refractivity contribution in [2.45, 2.75) is 19.3 Å². The van der Waals surface area contributed by atoms with Crippen LogP contribution >= 0.6 is 0 Å². The SMILES string of the molecule is CC1(C)c2cc(N(c3ccc(-c4ccccc4)cc3)c3cccc(-n4c5ccccc5c5ccccc54)c3)ccc2-c2ccc3cc(N(c4ccc(-c5ccccc5)cc4)c4cccc(-n5c6ccccc6c6ccccc65)c4)ccc3c21. The molecule has 0 N–H and O–H groups in total. The summed E-state index contributed by atoms with van der Waals surface area (Å²) in [6.45, 7) is 4.83. The Balaban J connectivity index is 0.809. The van der Waals surface area contributed by atoms with E-state index in [4.69, 9.17) is 0 Å². The summed E-state index contributed by atoms with van der Waals surface area (Å²) >= 11 is 0. The number of hydrogen-bond acceptors (Lipinski definition) is 2. The molecule has 0 radical (unpaired) electrons. The van der Waals surface area contributed by atoms with Gasteiger partial charge in [-0.2, -0.15) is 0 Å². The van der Waals surface area contributed by atoms with Crippen molar-refractivity contribution in [1.29, 1.82) is 0 Å². The third-order valence-electron chi connectivity index (χ3n) is 17.4. The summed E-state index contributed by atoms with van der Waals surface area (Å²) in [5.74, 6) is 0. The fraction of sp³-hybridized carbons (Fsp3) is 0.0380. The van der Waals surface area contributed by atoms with Gasteiger partial charge in [0.15, 0.2) is 0 Å². The normalized spacial score (nSPS) is 12.6. The van der Waals surface area contributed by atoms with Gasteiger partial charge in [0.2, 0.25) is 0 Å². The molecule has 16 rings (SSSR count). The topological polar surface area (TPSA) is 16.3 Å². The number of fused-ring (bicyclic) bond motifs is 11. The average molecular weight is 1060 g/mol. The van der Waals surface area contributed by atoms with Crippen molar-refractivity contribution in [3.63, 3.8) is 0 Å². The minimum atomic E-state index is -0.320. The predicted octanol–water partition coefficient (Wildman–Crippen LogP) is 21.6. The molecule has 4 heteroatoms. The highest BCUT2D eigenvalue weighted by atomic mass is 15.2. The van der Waals surface area contributed by atoms with Crippen molar-refractivity contribution in [2.75, 3.05) is 9.80 Å². The van der Waals surface area contributed by atoms with Crippen molar-refractivity contribution in [1.82, 2.24) is 9.13 Å². The minimum absolute atomic E-state index is 0.320. The Bertz CT molecular complexity index is 4880. The van der Waals surface area contributed by atoms with Crippen LogP contribution in [0.15, 0.2) is 303 Å². The number of hydrogen-bond donors (Lipinski definition) is 0. The molecule has 0 atom stereocenters. The highest BCUT2D eigenvalue weighted by Crippen LogP contribution is 2.54. The molecule has 1 aliphatic rings. The summed E-state index contributed by atoms with van der Waals surface area (Å²) in [5.41, 5.74) is 23.2. The van der Waals surface area contributed by atoms with Gasteiger partial charge < -0.3 is 18.9 Å². The van der Waals surface area contributed by atoms with Crippen LogP contribution in [0.3, 0.4) is 0 Å². The van der Waals surface area contributed by atoms with Crippen molar-refractivity contribution in [3.8, 4) is 44.8 Å². The van der Waals surface area contributed by atoms with Gasteiger partial charge >= 0.3 is 0 Å². The lowest BCUT2D eigenvalue weighted by molar-refractivity contribution is 0.666. The van der Waals surface area contributed by atoms with E-state index >= 15 is 0 Å². The summed E-state index contributed by atoms with van der Waals surface area (Å²) in [5, 5.41) is 7.46. The first-order valence-corrected chi connectivity index (χ1v) is 28.7. The van der Waals surface area contributed by atoms with E-state index in [1.54, 1.807) is 0 Å². The van der Waals surface area contributed by atoms with Crippen LogP contribution in [0.5, 0.6) is 0 Å². The number of aromatic nitrogens is 2. The molecule has 0 bridgehead atoms. The number of benzene rings is 13. The van der Waals surface area contributed by atoms with Crippen LogP contribution in [0.4, 0.5) is 34.1 Å². The summed E-state index contributed by atoms with van der Waals surface area (Å²) in [7, 11) is 0. The van der Waals surface area contributed by atoms with Crippen molar-refractivity contribution in [3.05, 3.63) is 314 Å². The van der Waals surface area contributed by atoms with Crippen LogP contribution < -0.4 is 9.80 Å². The van der Waals surface area contributed by atoms with Crippen LogP contribution in [-0.4, -0.2) is 9.13 Å². The van der Waals surface area contributed by atoms with E-state index in [1.807, 2.05) is 0 Å². The van der Waals surface area contributed by atoms with E-state index in [0.717, 1.165) is 45.5 Å². The second kappa shape index (κ2) is 19.3. The molecule has 4 nitrogen and oxygen atoms in total. The largest absolute Gasteiger partial charge is 0.310 e. The summed E-state index contributed by atoms with van der Waals surface area (Å²) in [6, 6.07) is 111. The van der Waals surface area contributed by atoms with Crippen molar-refractivity contribution >= 4 is 88.5 Å². The fourth-order valence-corrected chi connectivity index (χ4v) is 13.6. The van der Waals surface area contributed by atoms with Crippen LogP contribution in [-0.2, 0) is 5.41 Å². The zero-order valence-electron chi connectivity index (χ0n) is 46.2. The van der Waals surface area contributed by atoms with Gasteiger partial charge in [0.1, 0.15) is 0 Å².